The van der Waals surface area contributed by atoms with Gasteiger partial charge in [0, 0.05) is 77.6 Å². The first-order chi connectivity index (χ1) is 25.1. The van der Waals surface area contributed by atoms with Crippen molar-refractivity contribution in [2.24, 2.45) is 0 Å². The quantitative estimate of drug-likeness (QED) is 0.0631. The fraction of sp³-hybridized carbons (Fsp3) is 0.405. The molecule has 4 aromatic rings. The van der Waals surface area contributed by atoms with Crippen LogP contribution in [0.15, 0.2) is 70.9 Å². The zero-order valence-corrected chi connectivity index (χ0v) is 31.8. The zero-order chi connectivity index (χ0) is 36.7. The van der Waals surface area contributed by atoms with Crippen LogP contribution in [0, 0.1) is 0 Å². The van der Waals surface area contributed by atoms with Crippen LogP contribution in [0.1, 0.15) is 51.4 Å². The van der Waals surface area contributed by atoms with E-state index in [4.69, 9.17) is 0 Å². The SMILES string of the molecule is CN(C)c1cccc2c(S(=O)(=O)Nc3cccc(-c4csc(NC(=O)CCCCCNC(=O)CCCC[C@@H]5SC[C@@H]6NC(=O)N[C@@H]65)n4)c3)cccc12. The molecule has 15 heteroatoms. The second-order valence-electron chi connectivity index (χ2n) is 13.3. The molecule has 5 N–H and O–H groups in total. The number of unbranched alkanes of at least 4 members (excludes halogenated alkanes) is 3. The van der Waals surface area contributed by atoms with Crippen LogP contribution in [0.5, 0.6) is 0 Å². The average Bonchev–Trinajstić information content (AvgIpc) is 3.84. The van der Waals surface area contributed by atoms with Crippen LogP contribution >= 0.6 is 23.1 Å². The molecule has 3 atom stereocenters. The van der Waals surface area contributed by atoms with E-state index < -0.39 is 10.0 Å². The highest BCUT2D eigenvalue weighted by Gasteiger charge is 2.42. The molecule has 4 amide bonds. The number of nitrogens with zero attached hydrogens (tertiary/aromatic N) is 2. The molecule has 0 bridgehead atoms. The molecule has 6 rings (SSSR count). The van der Waals surface area contributed by atoms with Crippen molar-refractivity contribution in [1.29, 1.82) is 0 Å². The summed E-state index contributed by atoms with van der Waals surface area (Å²) >= 11 is 3.20. The molecule has 2 aliphatic heterocycles. The van der Waals surface area contributed by atoms with Gasteiger partial charge >= 0.3 is 6.03 Å². The number of thiazole rings is 1. The van der Waals surface area contributed by atoms with Crippen LogP contribution < -0.4 is 30.9 Å². The molecule has 0 radical (unpaired) electrons. The van der Waals surface area contributed by atoms with Gasteiger partial charge < -0.3 is 26.2 Å². The molecule has 3 aromatic carbocycles. The summed E-state index contributed by atoms with van der Waals surface area (Å²) in [7, 11) is -0.0493. The van der Waals surface area contributed by atoms with Crippen molar-refractivity contribution in [1.82, 2.24) is 20.9 Å². The predicted octanol–water partition coefficient (Wildman–Crippen LogP) is 6.17. The molecule has 2 fully saturated rings. The molecule has 3 heterocycles. The van der Waals surface area contributed by atoms with E-state index in [0.717, 1.165) is 54.5 Å². The summed E-state index contributed by atoms with van der Waals surface area (Å²) in [6, 6.07) is 18.3. The smallest absolute Gasteiger partial charge is 0.315 e. The van der Waals surface area contributed by atoms with Crippen molar-refractivity contribution in [2.75, 3.05) is 41.3 Å². The molecule has 12 nitrogen and oxygen atoms in total. The summed E-state index contributed by atoms with van der Waals surface area (Å²) in [5.41, 5.74) is 2.68. The van der Waals surface area contributed by atoms with Gasteiger partial charge in [-0.25, -0.2) is 18.2 Å². The molecule has 2 saturated heterocycles. The van der Waals surface area contributed by atoms with E-state index >= 15 is 0 Å². The van der Waals surface area contributed by atoms with Crippen LogP contribution in [0.2, 0.25) is 0 Å². The Balaban J connectivity index is 0.898. The number of benzene rings is 3. The topological polar surface area (TPSA) is 162 Å². The van der Waals surface area contributed by atoms with Gasteiger partial charge in [-0.1, -0.05) is 49.2 Å². The van der Waals surface area contributed by atoms with Crippen molar-refractivity contribution in [3.63, 3.8) is 0 Å². The molecule has 1 aromatic heterocycles. The maximum Gasteiger partial charge on any atom is 0.315 e. The van der Waals surface area contributed by atoms with Gasteiger partial charge in [0.2, 0.25) is 11.8 Å². The fourth-order valence-electron chi connectivity index (χ4n) is 6.66. The summed E-state index contributed by atoms with van der Waals surface area (Å²) in [5.74, 6) is 0.870. The largest absolute Gasteiger partial charge is 0.377 e. The predicted molar refractivity (Wildman–Crippen MR) is 211 cm³/mol. The highest BCUT2D eigenvalue weighted by molar-refractivity contribution is 8.00. The van der Waals surface area contributed by atoms with Crippen molar-refractivity contribution in [3.8, 4) is 11.3 Å². The first kappa shape index (κ1) is 37.4. The Hall–Kier alpha value is -4.34. The fourth-order valence-corrected chi connectivity index (χ4v) is 10.2. The lowest BCUT2D eigenvalue weighted by molar-refractivity contribution is -0.121. The number of anilines is 3. The third-order valence-corrected chi connectivity index (χ3v) is 13.0. The Bertz CT molecular complexity index is 2020. The molecule has 0 aliphatic carbocycles. The maximum atomic E-state index is 13.5. The minimum Gasteiger partial charge on any atom is -0.377 e. The normalized spacial score (nSPS) is 18.0. The third-order valence-electron chi connectivity index (χ3n) is 9.27. The Kier molecular flexibility index (Phi) is 12.2. The lowest BCUT2D eigenvalue weighted by atomic mass is 10.0. The number of fused-ring (bicyclic) bond motifs is 2. The van der Waals surface area contributed by atoms with Crippen LogP contribution in [0.25, 0.3) is 22.0 Å². The zero-order valence-electron chi connectivity index (χ0n) is 29.3. The van der Waals surface area contributed by atoms with Crippen LogP contribution in [-0.2, 0) is 19.6 Å². The van der Waals surface area contributed by atoms with Gasteiger partial charge in [0.15, 0.2) is 5.13 Å². The average molecular weight is 764 g/mol. The molecule has 0 spiro atoms. The first-order valence-corrected chi connectivity index (χ1v) is 21.0. The maximum absolute atomic E-state index is 13.5. The van der Waals surface area contributed by atoms with Gasteiger partial charge in [0.05, 0.1) is 22.7 Å². The van der Waals surface area contributed by atoms with Gasteiger partial charge in [-0.05, 0) is 49.9 Å². The van der Waals surface area contributed by atoms with Gasteiger partial charge in [0.25, 0.3) is 10.0 Å². The van der Waals surface area contributed by atoms with Crippen molar-refractivity contribution in [3.05, 3.63) is 66.0 Å². The third kappa shape index (κ3) is 9.36. The number of amides is 4. The molecular formula is C37H45N7O5S3. The summed E-state index contributed by atoms with van der Waals surface area (Å²) < 4.78 is 29.8. The van der Waals surface area contributed by atoms with Crippen molar-refractivity contribution >= 4 is 78.2 Å². The van der Waals surface area contributed by atoms with Gasteiger partial charge in [-0.2, -0.15) is 11.8 Å². The van der Waals surface area contributed by atoms with E-state index in [0.29, 0.717) is 53.0 Å². The molecule has 276 valence electrons. The first-order valence-electron chi connectivity index (χ1n) is 17.6. The standard InChI is InChI=1S/C37H45N7O5S3/c1-44(2)30-15-9-14-27-26(30)13-10-17-32(27)52(48,49)43-25-12-8-11-24(21-25)28-22-51-37(40-28)41-34(46)19-4-3-7-20-38-33(45)18-6-5-16-31-35-29(23-50-31)39-36(47)42-35/h8-15,17,21-22,29,31,35,43H,3-7,16,18-20,23H2,1-2H3,(H,38,45)(H2,39,42,47)(H,40,41,46)/t29-,31-,35-/m0/s1. The number of carbonyl (C=O) groups excluding carboxylic acids is 3. The van der Waals surface area contributed by atoms with Gasteiger partial charge in [0.1, 0.15) is 0 Å². The summed E-state index contributed by atoms with van der Waals surface area (Å²) in [6.45, 7) is 0.588. The molecule has 0 unspecified atom stereocenters. The minimum atomic E-state index is -3.90. The number of carbonyl (C=O) groups is 3. The highest BCUT2D eigenvalue weighted by Crippen LogP contribution is 2.34. The molecule has 2 aliphatic rings. The highest BCUT2D eigenvalue weighted by atomic mass is 32.2. The lowest BCUT2D eigenvalue weighted by Crippen LogP contribution is -2.36. The Morgan fingerprint density at radius 1 is 0.923 bits per heavy atom. The van der Waals surface area contributed by atoms with E-state index in [9.17, 15) is 22.8 Å². The molecule has 0 saturated carbocycles. The van der Waals surface area contributed by atoms with Gasteiger partial charge in [-0.3, -0.25) is 14.3 Å². The second kappa shape index (κ2) is 17.0. The Morgan fingerprint density at radius 3 is 2.54 bits per heavy atom. The number of aromatic nitrogens is 1. The Labute approximate surface area is 313 Å². The second-order valence-corrected chi connectivity index (χ2v) is 17.1. The van der Waals surface area contributed by atoms with Crippen LogP contribution in [0.3, 0.4) is 0 Å². The number of sulfonamides is 1. The van der Waals surface area contributed by atoms with Crippen molar-refractivity contribution in [2.45, 2.75) is 73.6 Å². The molecular weight excluding hydrogens is 719 g/mol. The number of hydrogen-bond donors (Lipinski definition) is 5. The van der Waals surface area contributed by atoms with E-state index in [-0.39, 0.29) is 34.8 Å². The lowest BCUT2D eigenvalue weighted by Gasteiger charge is -2.17. The van der Waals surface area contributed by atoms with Crippen molar-refractivity contribution < 1.29 is 22.8 Å². The number of hydrogen-bond acceptors (Lipinski definition) is 9. The summed E-state index contributed by atoms with van der Waals surface area (Å²) in [4.78, 5) is 43.1. The van der Waals surface area contributed by atoms with E-state index in [1.807, 2.05) is 66.5 Å². The monoisotopic (exact) mass is 763 g/mol. The van der Waals surface area contributed by atoms with Crippen LogP contribution in [0.4, 0.5) is 21.3 Å². The minimum absolute atomic E-state index is 0.0524. The molecule has 52 heavy (non-hydrogen) atoms. The summed E-state index contributed by atoms with van der Waals surface area (Å²) in [6.07, 6.45) is 5.94. The summed E-state index contributed by atoms with van der Waals surface area (Å²) in [5, 5.41) is 16.0. The number of rotatable bonds is 17. The van der Waals surface area contributed by atoms with E-state index in [2.05, 4.69) is 31.0 Å². The number of urea groups is 1. The van der Waals surface area contributed by atoms with E-state index in [1.54, 1.807) is 30.3 Å². The van der Waals surface area contributed by atoms with E-state index in [1.165, 1.54) is 11.3 Å². The number of nitrogens with one attached hydrogen (secondary N) is 5. The van der Waals surface area contributed by atoms with Crippen LogP contribution in [-0.4, -0.2) is 75.0 Å². The number of thioether (sulfide) groups is 1. The van der Waals surface area contributed by atoms with Gasteiger partial charge in [-0.15, -0.1) is 11.3 Å². The Morgan fingerprint density at radius 2 is 1.69 bits per heavy atom.